The average molecular weight is 458 g/mol. The van der Waals surface area contributed by atoms with Crippen molar-refractivity contribution in [1.82, 2.24) is 9.55 Å². The molecule has 178 valence electrons. The van der Waals surface area contributed by atoms with Crippen LogP contribution in [-0.4, -0.2) is 28.2 Å². The summed E-state index contributed by atoms with van der Waals surface area (Å²) in [6.07, 6.45) is 13.3. The van der Waals surface area contributed by atoms with Gasteiger partial charge in [0.1, 0.15) is 6.61 Å². The number of aromatic nitrogens is 2. The van der Waals surface area contributed by atoms with Gasteiger partial charge in [0.2, 0.25) is 0 Å². The van der Waals surface area contributed by atoms with Gasteiger partial charge in [-0.05, 0) is 54.9 Å². The van der Waals surface area contributed by atoms with Crippen LogP contribution in [0.15, 0.2) is 66.1 Å². The van der Waals surface area contributed by atoms with E-state index < -0.39 is 0 Å². The van der Waals surface area contributed by atoms with Gasteiger partial charge in [-0.2, -0.15) is 0 Å². The molecule has 0 aliphatic heterocycles. The summed E-state index contributed by atoms with van der Waals surface area (Å²) in [6.45, 7) is 3.47. The molecule has 0 amide bonds. The van der Waals surface area contributed by atoms with Gasteiger partial charge in [0.05, 0.1) is 11.9 Å². The molecule has 5 heteroatoms. The zero-order valence-electron chi connectivity index (χ0n) is 20.2. The van der Waals surface area contributed by atoms with Gasteiger partial charge in [-0.15, -0.1) is 0 Å². The molecule has 4 rings (SSSR count). The van der Waals surface area contributed by atoms with Crippen LogP contribution in [0.25, 0.3) is 0 Å². The number of aryl methyl sites for hydroxylation is 1. The second kappa shape index (κ2) is 12.3. The molecule has 0 bridgehead atoms. The number of hydrogen-bond acceptors (Lipinski definition) is 4. The van der Waals surface area contributed by atoms with E-state index >= 15 is 0 Å². The molecule has 1 aliphatic rings. The molecule has 34 heavy (non-hydrogen) atoms. The number of Topliss-reactive ketones (excluding diaryl/α,β-unsaturated/α-hetero) is 1. The topological polar surface area (TPSA) is 56.5 Å². The number of oxime groups is 1. The third-order valence-electron chi connectivity index (χ3n) is 6.61. The van der Waals surface area contributed by atoms with Gasteiger partial charge in [0.25, 0.3) is 0 Å². The zero-order chi connectivity index (χ0) is 23.6. The van der Waals surface area contributed by atoms with Gasteiger partial charge < -0.3 is 9.40 Å². The van der Waals surface area contributed by atoms with Crippen LogP contribution in [0.1, 0.15) is 90.7 Å². The second-order valence-electron chi connectivity index (χ2n) is 9.13. The summed E-state index contributed by atoms with van der Waals surface area (Å²) in [6, 6.07) is 16.4. The third-order valence-corrected chi connectivity index (χ3v) is 6.61. The highest BCUT2D eigenvalue weighted by atomic mass is 16.6. The Labute approximate surface area is 202 Å². The van der Waals surface area contributed by atoms with Gasteiger partial charge in [0, 0.05) is 36.6 Å². The summed E-state index contributed by atoms with van der Waals surface area (Å²) >= 11 is 0. The lowest BCUT2D eigenvalue weighted by Gasteiger charge is -2.18. The molecule has 0 radical (unpaired) electrons. The molecule has 5 nitrogen and oxygen atoms in total. The standard InChI is InChI=1S/C29H35N3O2/c1-2-3-18-34-31-21-26-19-27(28(33)16-15-23-12-9-17-30-20-23)29(25-13-7-8-14-25)32(26)22-24-10-5-4-6-11-24/h4-6,9-12,17,19-21,25H,2-3,7-8,13-16,18,22H2,1H3/b31-21-. The van der Waals surface area contributed by atoms with Crippen molar-refractivity contribution in [3.8, 4) is 0 Å². The molecule has 3 aromatic rings. The quantitative estimate of drug-likeness (QED) is 0.134. The first kappa shape index (κ1) is 23.9. The molecule has 2 aromatic heterocycles. The third kappa shape index (κ3) is 6.22. The molecule has 0 N–H and O–H groups in total. The number of unbranched alkanes of at least 4 members (excludes halogenated alkanes) is 1. The van der Waals surface area contributed by atoms with Crippen LogP contribution in [0.4, 0.5) is 0 Å². The molecule has 0 spiro atoms. The Kier molecular flexibility index (Phi) is 8.66. The predicted octanol–water partition coefficient (Wildman–Crippen LogP) is 6.56. The number of pyridine rings is 1. The first-order chi connectivity index (χ1) is 16.8. The summed E-state index contributed by atoms with van der Waals surface area (Å²) in [5.41, 5.74) is 5.27. The number of carbonyl (C=O) groups excluding carboxylic acids is 1. The number of hydrogen-bond donors (Lipinski definition) is 0. The zero-order valence-corrected chi connectivity index (χ0v) is 20.2. The van der Waals surface area contributed by atoms with Crippen molar-refractivity contribution in [3.63, 3.8) is 0 Å². The van der Waals surface area contributed by atoms with E-state index in [1.165, 1.54) is 24.1 Å². The summed E-state index contributed by atoms with van der Waals surface area (Å²) < 4.78 is 2.30. The lowest BCUT2D eigenvalue weighted by atomic mass is 9.95. The highest BCUT2D eigenvalue weighted by Crippen LogP contribution is 2.38. The minimum absolute atomic E-state index is 0.194. The van der Waals surface area contributed by atoms with Crippen molar-refractivity contribution in [2.45, 2.75) is 70.8 Å². The predicted molar refractivity (Wildman–Crippen MR) is 137 cm³/mol. The van der Waals surface area contributed by atoms with E-state index in [0.717, 1.165) is 49.0 Å². The monoisotopic (exact) mass is 457 g/mol. The summed E-state index contributed by atoms with van der Waals surface area (Å²) in [5.74, 6) is 0.600. The highest BCUT2D eigenvalue weighted by Gasteiger charge is 2.28. The van der Waals surface area contributed by atoms with Crippen LogP contribution >= 0.6 is 0 Å². The lowest BCUT2D eigenvalue weighted by molar-refractivity contribution is 0.0981. The number of carbonyl (C=O) groups is 1. The minimum atomic E-state index is 0.194. The molecule has 1 fully saturated rings. The van der Waals surface area contributed by atoms with E-state index in [9.17, 15) is 4.79 Å². The molecule has 2 heterocycles. The molecular formula is C29H35N3O2. The van der Waals surface area contributed by atoms with Crippen LogP contribution in [-0.2, 0) is 17.8 Å². The second-order valence-corrected chi connectivity index (χ2v) is 9.13. The Bertz CT molecular complexity index is 1070. The fraction of sp³-hybridized carbons (Fsp3) is 0.414. The smallest absolute Gasteiger partial charge is 0.165 e. The van der Waals surface area contributed by atoms with Crippen LogP contribution < -0.4 is 0 Å². The molecule has 1 aliphatic carbocycles. The highest BCUT2D eigenvalue weighted by molar-refractivity contribution is 5.99. The molecule has 0 atom stereocenters. The molecular weight excluding hydrogens is 422 g/mol. The lowest BCUT2D eigenvalue weighted by Crippen LogP contribution is -2.13. The van der Waals surface area contributed by atoms with Crippen LogP contribution in [0, 0.1) is 0 Å². The maximum atomic E-state index is 13.5. The van der Waals surface area contributed by atoms with Crippen molar-refractivity contribution in [2.24, 2.45) is 5.16 Å². The SMILES string of the molecule is CCCCO/N=C\c1cc(C(=O)CCc2cccnc2)c(C2CCCC2)n1Cc1ccccc1. The Hall–Kier alpha value is -3.21. The van der Waals surface area contributed by atoms with E-state index in [1.807, 2.05) is 30.5 Å². The first-order valence-corrected chi connectivity index (χ1v) is 12.6. The van der Waals surface area contributed by atoms with E-state index in [0.29, 0.717) is 25.4 Å². The first-order valence-electron chi connectivity index (χ1n) is 12.6. The van der Waals surface area contributed by atoms with Crippen LogP contribution in [0.3, 0.4) is 0 Å². The number of nitrogens with zero attached hydrogens (tertiary/aromatic N) is 3. The van der Waals surface area contributed by atoms with Gasteiger partial charge in [-0.3, -0.25) is 9.78 Å². The van der Waals surface area contributed by atoms with Gasteiger partial charge in [-0.25, -0.2) is 0 Å². The number of ketones is 1. The van der Waals surface area contributed by atoms with Crippen molar-refractivity contribution in [1.29, 1.82) is 0 Å². The van der Waals surface area contributed by atoms with Crippen LogP contribution in [0.2, 0.25) is 0 Å². The Morgan fingerprint density at radius 3 is 2.68 bits per heavy atom. The van der Waals surface area contributed by atoms with Gasteiger partial charge in [-0.1, -0.05) is 67.7 Å². The van der Waals surface area contributed by atoms with E-state index in [-0.39, 0.29) is 5.78 Å². The average Bonchev–Trinajstić information content (AvgIpc) is 3.52. The van der Waals surface area contributed by atoms with E-state index in [2.05, 4.69) is 45.9 Å². The molecule has 0 unspecified atom stereocenters. The summed E-state index contributed by atoms with van der Waals surface area (Å²) in [7, 11) is 0. The maximum absolute atomic E-state index is 13.5. The van der Waals surface area contributed by atoms with Crippen molar-refractivity contribution in [3.05, 3.63) is 89.0 Å². The van der Waals surface area contributed by atoms with Crippen molar-refractivity contribution < 1.29 is 9.63 Å². The van der Waals surface area contributed by atoms with Crippen molar-refractivity contribution in [2.75, 3.05) is 6.61 Å². The number of rotatable bonds is 12. The van der Waals surface area contributed by atoms with E-state index in [1.54, 1.807) is 12.4 Å². The summed E-state index contributed by atoms with van der Waals surface area (Å²) in [4.78, 5) is 23.2. The Morgan fingerprint density at radius 1 is 1.15 bits per heavy atom. The summed E-state index contributed by atoms with van der Waals surface area (Å²) in [5, 5.41) is 4.25. The Morgan fingerprint density at radius 2 is 1.94 bits per heavy atom. The number of benzene rings is 1. The molecule has 1 aromatic carbocycles. The fourth-order valence-electron chi connectivity index (χ4n) is 4.79. The molecule has 0 saturated heterocycles. The fourth-order valence-corrected chi connectivity index (χ4v) is 4.79. The Balaban J connectivity index is 1.66. The largest absolute Gasteiger partial charge is 0.396 e. The van der Waals surface area contributed by atoms with E-state index in [4.69, 9.17) is 4.84 Å². The van der Waals surface area contributed by atoms with Crippen molar-refractivity contribution >= 4 is 12.0 Å². The maximum Gasteiger partial charge on any atom is 0.165 e. The normalized spacial score (nSPS) is 14.1. The molecule has 1 saturated carbocycles. The minimum Gasteiger partial charge on any atom is -0.396 e. The van der Waals surface area contributed by atoms with Crippen LogP contribution in [0.5, 0.6) is 0 Å². The van der Waals surface area contributed by atoms with Gasteiger partial charge in [0.15, 0.2) is 5.78 Å². The van der Waals surface area contributed by atoms with Gasteiger partial charge >= 0.3 is 0 Å².